The maximum atomic E-state index is 13.8. The summed E-state index contributed by atoms with van der Waals surface area (Å²) in [6.45, 7) is 8.41. The molecule has 24 heavy (non-hydrogen) atoms. The number of carbonyl (C=O) groups excluding carboxylic acids is 1. The Morgan fingerprint density at radius 2 is 2.08 bits per heavy atom. The molecule has 8 heteroatoms. The summed E-state index contributed by atoms with van der Waals surface area (Å²) in [5.41, 5.74) is 0.895. The van der Waals surface area contributed by atoms with Crippen molar-refractivity contribution in [2.45, 2.75) is 40.2 Å². The molecule has 2 aromatic rings. The van der Waals surface area contributed by atoms with Crippen LogP contribution < -0.4 is 15.8 Å². The second-order valence-corrected chi connectivity index (χ2v) is 6.48. The number of hydrogen-bond acceptors (Lipinski definition) is 3. The Bertz CT molecular complexity index is 864. The second-order valence-electron chi connectivity index (χ2n) is 5.49. The van der Waals surface area contributed by atoms with Crippen LogP contribution >= 0.6 is 11.5 Å². The number of nitrogens with zero attached hydrogens (tertiary/aromatic N) is 3. The zero-order chi connectivity index (χ0) is 17.9. The van der Waals surface area contributed by atoms with E-state index in [2.05, 4.69) is 10.3 Å². The van der Waals surface area contributed by atoms with E-state index in [0.29, 0.717) is 18.8 Å². The lowest BCUT2D eigenvalue weighted by Crippen LogP contribution is -2.30. The van der Waals surface area contributed by atoms with Gasteiger partial charge in [-0.3, -0.25) is 0 Å². The number of urea groups is 1. The number of benzene rings is 1. The van der Waals surface area contributed by atoms with Gasteiger partial charge in [0.15, 0.2) is 0 Å². The first-order valence-electron chi connectivity index (χ1n) is 7.84. The molecular formula is C16H21FN4O2S. The average Bonchev–Trinajstić information content (AvgIpc) is 2.82. The number of halogens is 1. The maximum absolute atomic E-state index is 13.8. The smallest absolute Gasteiger partial charge is 0.336 e. The molecule has 0 unspecified atom stereocenters. The lowest BCUT2D eigenvalue weighted by Gasteiger charge is -2.12. The van der Waals surface area contributed by atoms with Gasteiger partial charge in [0.05, 0.1) is 5.69 Å². The summed E-state index contributed by atoms with van der Waals surface area (Å²) in [5, 5.41) is 2.57. The predicted octanol–water partition coefficient (Wildman–Crippen LogP) is 2.61. The zero-order valence-electron chi connectivity index (χ0n) is 14.2. The van der Waals surface area contributed by atoms with E-state index in [-0.39, 0.29) is 16.4 Å². The fourth-order valence-corrected chi connectivity index (χ4v) is 3.19. The van der Waals surface area contributed by atoms with Crippen LogP contribution in [0.5, 0.6) is 0 Å². The predicted molar refractivity (Wildman–Crippen MR) is 92.3 cm³/mol. The Kier molecular flexibility index (Phi) is 5.71. The number of aromatic nitrogens is 2. The van der Waals surface area contributed by atoms with Gasteiger partial charge >= 0.3 is 11.7 Å². The zero-order valence-corrected chi connectivity index (χ0v) is 15.0. The molecule has 0 radical (unpaired) electrons. The Hall–Kier alpha value is -2.22. The van der Waals surface area contributed by atoms with Crippen LogP contribution in [0.3, 0.4) is 0 Å². The Labute approximate surface area is 143 Å². The van der Waals surface area contributed by atoms with E-state index in [4.69, 9.17) is 0 Å². The SMILES string of the molecule is CCNC(=O)/N=c1/sn(CC)c(=O)n1-c1cc(F)ccc1C(C)C. The van der Waals surface area contributed by atoms with E-state index in [9.17, 15) is 14.0 Å². The number of rotatable bonds is 4. The molecule has 0 fully saturated rings. The van der Waals surface area contributed by atoms with Gasteiger partial charge in [-0.25, -0.2) is 22.5 Å². The van der Waals surface area contributed by atoms with Crippen molar-refractivity contribution < 1.29 is 9.18 Å². The van der Waals surface area contributed by atoms with Crippen LogP contribution in [0.2, 0.25) is 0 Å². The highest BCUT2D eigenvalue weighted by atomic mass is 32.1. The van der Waals surface area contributed by atoms with Gasteiger partial charge in [0.25, 0.3) is 0 Å². The molecule has 0 spiro atoms. The Balaban J connectivity index is 2.80. The quantitative estimate of drug-likeness (QED) is 0.919. The van der Waals surface area contributed by atoms with Crippen molar-refractivity contribution in [2.24, 2.45) is 4.99 Å². The molecule has 2 rings (SSSR count). The van der Waals surface area contributed by atoms with E-state index in [1.807, 2.05) is 20.8 Å². The van der Waals surface area contributed by atoms with Gasteiger partial charge in [-0.15, -0.1) is 0 Å². The third kappa shape index (κ3) is 3.64. The largest absolute Gasteiger partial charge is 0.344 e. The van der Waals surface area contributed by atoms with Gasteiger partial charge in [0.2, 0.25) is 4.80 Å². The number of aryl methyl sites for hydroxylation is 1. The molecular weight excluding hydrogens is 331 g/mol. The fourth-order valence-electron chi connectivity index (χ4n) is 2.32. The van der Waals surface area contributed by atoms with Crippen molar-refractivity contribution in [1.29, 1.82) is 0 Å². The normalized spacial score (nSPS) is 12.0. The minimum Gasteiger partial charge on any atom is -0.336 e. The van der Waals surface area contributed by atoms with Gasteiger partial charge in [0, 0.05) is 13.1 Å². The summed E-state index contributed by atoms with van der Waals surface area (Å²) in [7, 11) is 0. The first kappa shape index (κ1) is 18.1. The fraction of sp³-hybridized carbons (Fsp3) is 0.438. The molecule has 6 nitrogen and oxygen atoms in total. The molecule has 0 aliphatic carbocycles. The number of hydrogen-bond donors (Lipinski definition) is 1. The number of carbonyl (C=O) groups is 1. The van der Waals surface area contributed by atoms with Gasteiger partial charge in [-0.1, -0.05) is 19.9 Å². The molecule has 1 N–H and O–H groups in total. The summed E-state index contributed by atoms with van der Waals surface area (Å²) in [6.07, 6.45) is 0. The number of nitrogens with one attached hydrogen (secondary N) is 1. The minimum atomic E-state index is -0.529. The summed E-state index contributed by atoms with van der Waals surface area (Å²) in [4.78, 5) is 28.7. The van der Waals surface area contributed by atoms with E-state index >= 15 is 0 Å². The summed E-state index contributed by atoms with van der Waals surface area (Å²) < 4.78 is 16.6. The molecule has 1 aromatic carbocycles. The highest BCUT2D eigenvalue weighted by Crippen LogP contribution is 2.22. The second kappa shape index (κ2) is 7.57. The summed E-state index contributed by atoms with van der Waals surface area (Å²) in [6, 6.07) is 3.80. The molecule has 0 aliphatic rings. The third-order valence-electron chi connectivity index (χ3n) is 3.46. The van der Waals surface area contributed by atoms with E-state index in [0.717, 1.165) is 17.1 Å². The van der Waals surface area contributed by atoms with E-state index < -0.39 is 11.8 Å². The molecule has 2 amide bonds. The van der Waals surface area contributed by atoms with Crippen molar-refractivity contribution in [1.82, 2.24) is 13.8 Å². The first-order valence-corrected chi connectivity index (χ1v) is 8.61. The highest BCUT2D eigenvalue weighted by Gasteiger charge is 2.16. The molecule has 0 atom stereocenters. The maximum Gasteiger partial charge on any atom is 0.344 e. The molecule has 1 heterocycles. The molecule has 0 saturated heterocycles. The van der Waals surface area contributed by atoms with Crippen molar-refractivity contribution in [2.75, 3.05) is 6.54 Å². The lowest BCUT2D eigenvalue weighted by molar-refractivity contribution is 0.249. The first-order chi connectivity index (χ1) is 11.4. The van der Waals surface area contributed by atoms with Gasteiger partial charge in [0.1, 0.15) is 5.82 Å². The highest BCUT2D eigenvalue weighted by molar-refractivity contribution is 7.03. The van der Waals surface area contributed by atoms with Crippen molar-refractivity contribution in [3.8, 4) is 5.69 Å². The Morgan fingerprint density at radius 3 is 2.67 bits per heavy atom. The monoisotopic (exact) mass is 352 g/mol. The standard InChI is InChI=1S/C16H21FN4O2S/c1-5-18-14(22)19-15-21(16(23)20(6-2)24-15)13-9-11(17)7-8-12(13)10(3)4/h7-10H,5-6H2,1-4H3,(H,18,22)/b19-15+. The molecule has 0 bridgehead atoms. The molecule has 0 aliphatic heterocycles. The van der Waals surface area contributed by atoms with Crippen LogP contribution in [0, 0.1) is 5.82 Å². The van der Waals surface area contributed by atoms with Gasteiger partial charge < -0.3 is 5.32 Å². The summed E-state index contributed by atoms with van der Waals surface area (Å²) in [5.74, 6) is -0.362. The van der Waals surface area contributed by atoms with Gasteiger partial charge in [-0.05, 0) is 49.0 Å². The van der Waals surface area contributed by atoms with Crippen LogP contribution in [-0.4, -0.2) is 21.1 Å². The number of amides is 2. The van der Waals surface area contributed by atoms with Crippen molar-refractivity contribution >= 4 is 17.6 Å². The van der Waals surface area contributed by atoms with E-state index in [1.165, 1.54) is 20.7 Å². The van der Waals surface area contributed by atoms with Crippen LogP contribution in [0.4, 0.5) is 9.18 Å². The van der Waals surface area contributed by atoms with Crippen LogP contribution in [0.15, 0.2) is 28.0 Å². The van der Waals surface area contributed by atoms with Gasteiger partial charge in [-0.2, -0.15) is 4.99 Å². The molecule has 0 saturated carbocycles. The Morgan fingerprint density at radius 1 is 1.38 bits per heavy atom. The van der Waals surface area contributed by atoms with Crippen molar-refractivity contribution in [3.05, 3.63) is 44.9 Å². The summed E-state index contributed by atoms with van der Waals surface area (Å²) >= 11 is 1.08. The van der Waals surface area contributed by atoms with Crippen LogP contribution in [0.1, 0.15) is 39.2 Å². The topological polar surface area (TPSA) is 68.4 Å². The van der Waals surface area contributed by atoms with Crippen molar-refractivity contribution in [3.63, 3.8) is 0 Å². The third-order valence-corrected chi connectivity index (χ3v) is 4.53. The van der Waals surface area contributed by atoms with Crippen LogP contribution in [0.25, 0.3) is 5.69 Å². The van der Waals surface area contributed by atoms with E-state index in [1.54, 1.807) is 13.0 Å². The molecule has 130 valence electrons. The minimum absolute atomic E-state index is 0.0831. The van der Waals surface area contributed by atoms with Crippen LogP contribution in [-0.2, 0) is 6.54 Å². The molecule has 1 aromatic heterocycles. The average molecular weight is 352 g/mol. The lowest BCUT2D eigenvalue weighted by atomic mass is 10.0.